The van der Waals surface area contributed by atoms with E-state index in [4.69, 9.17) is 5.73 Å². The van der Waals surface area contributed by atoms with Crippen molar-refractivity contribution in [2.75, 3.05) is 6.54 Å². The molecule has 4 heteroatoms. The van der Waals surface area contributed by atoms with E-state index >= 15 is 0 Å². The van der Waals surface area contributed by atoms with Crippen LogP contribution in [0, 0.1) is 5.92 Å². The Bertz CT molecular complexity index is 503. The van der Waals surface area contributed by atoms with Crippen molar-refractivity contribution in [3.05, 3.63) is 47.8 Å². The zero-order valence-corrected chi connectivity index (χ0v) is 9.71. The number of nitrogens with zero attached hydrogens (tertiary/aromatic N) is 3. The van der Waals surface area contributed by atoms with Crippen LogP contribution in [-0.2, 0) is 19.4 Å². The minimum absolute atomic E-state index is 0.579. The predicted octanol–water partition coefficient (Wildman–Crippen LogP) is 1.000. The molecule has 3 heterocycles. The monoisotopic (exact) mass is 228 g/mol. The first-order valence-corrected chi connectivity index (χ1v) is 5.99. The number of pyridine rings is 1. The van der Waals surface area contributed by atoms with Gasteiger partial charge < -0.3 is 10.3 Å². The lowest BCUT2D eigenvalue weighted by Crippen LogP contribution is -2.15. The summed E-state index contributed by atoms with van der Waals surface area (Å²) >= 11 is 0. The zero-order valence-electron chi connectivity index (χ0n) is 9.71. The molecule has 0 saturated heterocycles. The number of aromatic nitrogens is 3. The lowest BCUT2D eigenvalue weighted by molar-refractivity contribution is 0.521. The quantitative estimate of drug-likeness (QED) is 0.852. The molecule has 1 aliphatic heterocycles. The number of hydrogen-bond donors (Lipinski definition) is 1. The van der Waals surface area contributed by atoms with Gasteiger partial charge in [0.25, 0.3) is 0 Å². The molecule has 2 aromatic rings. The number of nitrogens with two attached hydrogens (primary N) is 1. The van der Waals surface area contributed by atoms with Crippen LogP contribution in [0.2, 0.25) is 0 Å². The van der Waals surface area contributed by atoms with E-state index in [1.807, 2.05) is 30.7 Å². The van der Waals surface area contributed by atoms with E-state index < -0.39 is 0 Å². The predicted molar refractivity (Wildman–Crippen MR) is 65.5 cm³/mol. The summed E-state index contributed by atoms with van der Waals surface area (Å²) in [6, 6.07) is 5.99. The second kappa shape index (κ2) is 4.30. The van der Waals surface area contributed by atoms with Crippen LogP contribution in [0.4, 0.5) is 0 Å². The van der Waals surface area contributed by atoms with Crippen molar-refractivity contribution < 1.29 is 0 Å². The molecule has 0 fully saturated rings. The molecule has 0 amide bonds. The van der Waals surface area contributed by atoms with Gasteiger partial charge in [0, 0.05) is 30.6 Å². The smallest absolute Gasteiger partial charge is 0.0951 e. The summed E-state index contributed by atoms with van der Waals surface area (Å²) in [4.78, 5) is 8.83. The van der Waals surface area contributed by atoms with E-state index in [1.165, 1.54) is 5.69 Å². The van der Waals surface area contributed by atoms with Crippen molar-refractivity contribution in [2.45, 2.75) is 19.4 Å². The first-order chi connectivity index (χ1) is 8.36. The van der Waals surface area contributed by atoms with Crippen LogP contribution in [0.25, 0.3) is 0 Å². The number of hydrogen-bond acceptors (Lipinski definition) is 3. The van der Waals surface area contributed by atoms with Crippen LogP contribution in [-0.4, -0.2) is 21.1 Å². The summed E-state index contributed by atoms with van der Waals surface area (Å²) in [7, 11) is 0. The van der Waals surface area contributed by atoms with Crippen molar-refractivity contribution in [1.82, 2.24) is 14.5 Å². The third kappa shape index (κ3) is 1.96. The Morgan fingerprint density at radius 2 is 2.29 bits per heavy atom. The van der Waals surface area contributed by atoms with Crippen LogP contribution < -0.4 is 5.73 Å². The molecule has 1 aliphatic rings. The Hall–Kier alpha value is -1.68. The van der Waals surface area contributed by atoms with Gasteiger partial charge in [-0.1, -0.05) is 6.07 Å². The second-order valence-electron chi connectivity index (χ2n) is 4.59. The average molecular weight is 228 g/mol. The summed E-state index contributed by atoms with van der Waals surface area (Å²) in [6.07, 6.45) is 5.64. The third-order valence-electron chi connectivity index (χ3n) is 3.38. The summed E-state index contributed by atoms with van der Waals surface area (Å²) in [6.45, 7) is 1.77. The maximum absolute atomic E-state index is 5.73. The fourth-order valence-corrected chi connectivity index (χ4v) is 2.44. The maximum Gasteiger partial charge on any atom is 0.0951 e. The molecule has 88 valence electrons. The van der Waals surface area contributed by atoms with Crippen LogP contribution in [0.3, 0.4) is 0 Å². The second-order valence-corrected chi connectivity index (χ2v) is 4.59. The maximum atomic E-state index is 5.73. The van der Waals surface area contributed by atoms with Gasteiger partial charge in [0.15, 0.2) is 0 Å². The Kier molecular flexibility index (Phi) is 2.65. The van der Waals surface area contributed by atoms with E-state index in [1.54, 1.807) is 0 Å². The minimum Gasteiger partial charge on any atom is -0.334 e. The van der Waals surface area contributed by atoms with E-state index in [9.17, 15) is 0 Å². The largest absolute Gasteiger partial charge is 0.334 e. The van der Waals surface area contributed by atoms with Crippen LogP contribution in [0.1, 0.15) is 17.1 Å². The highest BCUT2D eigenvalue weighted by Crippen LogP contribution is 2.23. The molecule has 3 rings (SSSR count). The average Bonchev–Trinajstić information content (AvgIpc) is 2.92. The molecule has 2 N–H and O–H groups in total. The first kappa shape index (κ1) is 10.5. The topological polar surface area (TPSA) is 56.7 Å². The highest BCUT2D eigenvalue weighted by molar-refractivity contribution is 5.23. The van der Waals surface area contributed by atoms with Gasteiger partial charge in [-0.15, -0.1) is 0 Å². The standard InChI is InChI=1S/C13H16N4/c14-7-10-5-13-12(16-9-17(13)8-10)6-11-3-1-2-4-15-11/h1-4,9-10H,5-8,14H2. The van der Waals surface area contributed by atoms with Crippen LogP contribution >= 0.6 is 0 Å². The fraction of sp³-hybridized carbons (Fsp3) is 0.385. The van der Waals surface area contributed by atoms with Gasteiger partial charge in [0.2, 0.25) is 0 Å². The molecule has 0 bridgehead atoms. The Morgan fingerprint density at radius 1 is 1.35 bits per heavy atom. The number of fused-ring (bicyclic) bond motifs is 1. The molecule has 17 heavy (non-hydrogen) atoms. The Labute approximate surface area is 101 Å². The Balaban J connectivity index is 1.82. The lowest BCUT2D eigenvalue weighted by Gasteiger charge is -2.03. The van der Waals surface area contributed by atoms with E-state index in [0.717, 1.165) is 37.3 Å². The van der Waals surface area contributed by atoms with Gasteiger partial charge >= 0.3 is 0 Å². The lowest BCUT2D eigenvalue weighted by atomic mass is 10.1. The molecule has 0 spiro atoms. The highest BCUT2D eigenvalue weighted by atomic mass is 15.1. The molecule has 0 radical (unpaired) electrons. The van der Waals surface area contributed by atoms with Gasteiger partial charge in [-0.2, -0.15) is 0 Å². The molecular weight excluding hydrogens is 212 g/mol. The summed E-state index contributed by atoms with van der Waals surface area (Å²) < 4.78 is 2.23. The third-order valence-corrected chi connectivity index (χ3v) is 3.38. The molecule has 0 saturated carbocycles. The van der Waals surface area contributed by atoms with Gasteiger partial charge in [-0.25, -0.2) is 4.98 Å². The summed E-state index contributed by atoms with van der Waals surface area (Å²) in [5.74, 6) is 0.579. The normalized spacial score (nSPS) is 18.3. The first-order valence-electron chi connectivity index (χ1n) is 5.99. The minimum atomic E-state index is 0.579. The molecule has 1 atom stereocenters. The van der Waals surface area contributed by atoms with Gasteiger partial charge in [-0.3, -0.25) is 4.98 Å². The molecule has 0 aliphatic carbocycles. The van der Waals surface area contributed by atoms with E-state index in [0.29, 0.717) is 5.92 Å². The van der Waals surface area contributed by atoms with Crippen molar-refractivity contribution in [3.63, 3.8) is 0 Å². The number of imidazole rings is 1. The van der Waals surface area contributed by atoms with Crippen LogP contribution in [0.5, 0.6) is 0 Å². The van der Waals surface area contributed by atoms with Crippen molar-refractivity contribution >= 4 is 0 Å². The highest BCUT2D eigenvalue weighted by Gasteiger charge is 2.23. The number of rotatable bonds is 3. The van der Waals surface area contributed by atoms with Crippen molar-refractivity contribution in [2.24, 2.45) is 11.7 Å². The molecular formula is C13H16N4. The summed E-state index contributed by atoms with van der Waals surface area (Å²) in [5.41, 5.74) is 9.29. The van der Waals surface area contributed by atoms with Gasteiger partial charge in [0.05, 0.1) is 12.0 Å². The Morgan fingerprint density at radius 3 is 3.06 bits per heavy atom. The van der Waals surface area contributed by atoms with Crippen LogP contribution in [0.15, 0.2) is 30.7 Å². The van der Waals surface area contributed by atoms with Crippen molar-refractivity contribution in [1.29, 1.82) is 0 Å². The van der Waals surface area contributed by atoms with Gasteiger partial charge in [-0.05, 0) is 31.0 Å². The zero-order chi connectivity index (χ0) is 11.7. The fourth-order valence-electron chi connectivity index (χ4n) is 2.44. The molecule has 1 unspecified atom stereocenters. The van der Waals surface area contributed by atoms with E-state index in [-0.39, 0.29) is 0 Å². The summed E-state index contributed by atoms with van der Waals surface area (Å²) in [5, 5.41) is 0. The molecule has 0 aromatic carbocycles. The molecule has 4 nitrogen and oxygen atoms in total. The molecule has 2 aromatic heterocycles. The van der Waals surface area contributed by atoms with Gasteiger partial charge in [0.1, 0.15) is 0 Å². The van der Waals surface area contributed by atoms with E-state index in [2.05, 4.69) is 14.5 Å². The van der Waals surface area contributed by atoms with Crippen molar-refractivity contribution in [3.8, 4) is 0 Å². The SMILES string of the molecule is NCC1Cc2c(Cc3ccccn3)ncn2C1.